The minimum Gasteiger partial charge on any atom is -0.325 e. The zero-order valence-electron chi connectivity index (χ0n) is 15.4. The van der Waals surface area contributed by atoms with Gasteiger partial charge in [-0.15, -0.1) is 10.2 Å². The molecule has 0 aliphatic heterocycles. The molecule has 1 N–H and O–H groups in total. The number of anilines is 1. The lowest BCUT2D eigenvalue weighted by molar-refractivity contribution is -0.113. The summed E-state index contributed by atoms with van der Waals surface area (Å²) in [5.41, 5.74) is 5.25. The Bertz CT molecular complexity index is 949. The van der Waals surface area contributed by atoms with Crippen LogP contribution >= 0.6 is 11.8 Å². The van der Waals surface area contributed by atoms with Gasteiger partial charge in [0.1, 0.15) is 5.82 Å². The third-order valence-corrected chi connectivity index (χ3v) is 4.97. The molecule has 0 bridgehead atoms. The topological polar surface area (TPSA) is 59.8 Å². The van der Waals surface area contributed by atoms with E-state index in [1.54, 1.807) is 0 Å². The van der Waals surface area contributed by atoms with Crippen LogP contribution in [-0.4, -0.2) is 26.4 Å². The van der Waals surface area contributed by atoms with Crippen LogP contribution in [0.3, 0.4) is 0 Å². The van der Waals surface area contributed by atoms with Crippen molar-refractivity contribution in [2.24, 2.45) is 0 Å². The SMILES string of the molecule is Cc1cccc(-n2c(C)nnc2SCC(=O)Nc2ccc(C)cc2C)c1. The molecule has 3 aromatic rings. The number of nitrogens with one attached hydrogen (secondary N) is 1. The predicted octanol–water partition coefficient (Wildman–Crippen LogP) is 4.23. The smallest absolute Gasteiger partial charge is 0.234 e. The van der Waals surface area contributed by atoms with Gasteiger partial charge in [0.25, 0.3) is 0 Å². The van der Waals surface area contributed by atoms with Crippen LogP contribution in [-0.2, 0) is 4.79 Å². The molecule has 0 aliphatic carbocycles. The first kappa shape index (κ1) is 18.2. The van der Waals surface area contributed by atoms with Crippen molar-refractivity contribution in [2.45, 2.75) is 32.9 Å². The van der Waals surface area contributed by atoms with E-state index in [1.807, 2.05) is 62.6 Å². The summed E-state index contributed by atoms with van der Waals surface area (Å²) < 4.78 is 1.97. The van der Waals surface area contributed by atoms with Gasteiger partial charge in [-0.05, 0) is 57.0 Å². The van der Waals surface area contributed by atoms with Crippen molar-refractivity contribution in [1.29, 1.82) is 0 Å². The molecule has 1 aromatic heterocycles. The molecule has 6 heteroatoms. The fourth-order valence-corrected chi connectivity index (χ4v) is 3.57. The molecule has 0 aliphatic rings. The largest absolute Gasteiger partial charge is 0.325 e. The van der Waals surface area contributed by atoms with Crippen LogP contribution in [0.2, 0.25) is 0 Å². The Kier molecular flexibility index (Phi) is 5.42. The highest BCUT2D eigenvalue weighted by atomic mass is 32.2. The van der Waals surface area contributed by atoms with Crippen molar-refractivity contribution in [3.8, 4) is 5.69 Å². The third-order valence-electron chi connectivity index (χ3n) is 4.04. The number of carbonyl (C=O) groups excluding carboxylic acids is 1. The lowest BCUT2D eigenvalue weighted by atomic mass is 10.1. The number of hydrogen-bond donors (Lipinski definition) is 1. The number of aryl methyl sites for hydroxylation is 4. The lowest BCUT2D eigenvalue weighted by Crippen LogP contribution is -2.15. The summed E-state index contributed by atoms with van der Waals surface area (Å²) in [7, 11) is 0. The summed E-state index contributed by atoms with van der Waals surface area (Å²) in [5.74, 6) is 1.02. The molecular weight excluding hydrogens is 344 g/mol. The fourth-order valence-electron chi connectivity index (χ4n) is 2.77. The van der Waals surface area contributed by atoms with Crippen molar-refractivity contribution in [3.05, 3.63) is 65.0 Å². The van der Waals surface area contributed by atoms with E-state index in [9.17, 15) is 4.79 Å². The molecule has 0 saturated heterocycles. The lowest BCUT2D eigenvalue weighted by Gasteiger charge is -2.10. The molecule has 1 heterocycles. The zero-order valence-corrected chi connectivity index (χ0v) is 16.2. The Labute approximate surface area is 157 Å². The standard InChI is InChI=1S/C20H22N4OS/c1-13-6-5-7-17(11-13)24-16(4)22-23-20(24)26-12-19(25)21-18-9-8-14(2)10-15(18)3/h5-11H,12H2,1-4H3,(H,21,25). The first-order chi connectivity index (χ1) is 12.4. The van der Waals surface area contributed by atoms with Gasteiger partial charge in [0.15, 0.2) is 5.16 Å². The highest BCUT2D eigenvalue weighted by molar-refractivity contribution is 7.99. The molecule has 5 nitrogen and oxygen atoms in total. The van der Waals surface area contributed by atoms with Crippen LogP contribution < -0.4 is 5.32 Å². The van der Waals surface area contributed by atoms with Gasteiger partial charge in [0.05, 0.1) is 5.75 Å². The number of benzene rings is 2. The van der Waals surface area contributed by atoms with Crippen LogP contribution in [0.5, 0.6) is 0 Å². The average Bonchev–Trinajstić information content (AvgIpc) is 2.96. The first-order valence-corrected chi connectivity index (χ1v) is 9.41. The second-order valence-corrected chi connectivity index (χ2v) is 7.30. The van der Waals surface area contributed by atoms with Crippen LogP contribution in [0.1, 0.15) is 22.5 Å². The molecule has 0 atom stereocenters. The molecule has 0 spiro atoms. The molecule has 0 unspecified atom stereocenters. The molecule has 2 aromatic carbocycles. The Morgan fingerprint density at radius 3 is 2.54 bits per heavy atom. The van der Waals surface area contributed by atoms with Crippen molar-refractivity contribution in [1.82, 2.24) is 14.8 Å². The maximum Gasteiger partial charge on any atom is 0.234 e. The number of carbonyl (C=O) groups is 1. The Morgan fingerprint density at radius 2 is 1.81 bits per heavy atom. The van der Waals surface area contributed by atoms with E-state index in [4.69, 9.17) is 0 Å². The quantitative estimate of drug-likeness (QED) is 0.687. The summed E-state index contributed by atoms with van der Waals surface area (Å²) in [6.45, 7) is 7.99. The minimum absolute atomic E-state index is 0.0570. The second kappa shape index (κ2) is 7.74. The van der Waals surface area contributed by atoms with Crippen molar-refractivity contribution >= 4 is 23.4 Å². The summed E-state index contributed by atoms with van der Waals surface area (Å²) in [6, 6.07) is 14.1. The van der Waals surface area contributed by atoms with E-state index >= 15 is 0 Å². The highest BCUT2D eigenvalue weighted by Crippen LogP contribution is 2.23. The van der Waals surface area contributed by atoms with Gasteiger partial charge >= 0.3 is 0 Å². The Hall–Kier alpha value is -2.60. The normalized spacial score (nSPS) is 10.8. The van der Waals surface area contributed by atoms with E-state index in [-0.39, 0.29) is 11.7 Å². The van der Waals surface area contributed by atoms with Crippen molar-refractivity contribution in [3.63, 3.8) is 0 Å². The van der Waals surface area contributed by atoms with Crippen LogP contribution in [0.15, 0.2) is 47.6 Å². The van der Waals surface area contributed by atoms with Gasteiger partial charge in [-0.2, -0.15) is 0 Å². The minimum atomic E-state index is -0.0570. The highest BCUT2D eigenvalue weighted by Gasteiger charge is 2.14. The molecular formula is C20H22N4OS. The zero-order chi connectivity index (χ0) is 18.7. The van der Waals surface area contributed by atoms with E-state index in [2.05, 4.69) is 27.6 Å². The number of amides is 1. The number of hydrogen-bond acceptors (Lipinski definition) is 4. The summed E-state index contributed by atoms with van der Waals surface area (Å²) in [4.78, 5) is 12.3. The number of nitrogens with zero attached hydrogens (tertiary/aromatic N) is 3. The number of aromatic nitrogens is 3. The average molecular weight is 366 g/mol. The van der Waals surface area contributed by atoms with Gasteiger partial charge in [0, 0.05) is 11.4 Å². The maximum atomic E-state index is 12.3. The molecule has 0 radical (unpaired) electrons. The molecule has 0 fully saturated rings. The van der Waals surface area contributed by atoms with Crippen molar-refractivity contribution < 1.29 is 4.79 Å². The number of rotatable bonds is 5. The van der Waals surface area contributed by atoms with Gasteiger partial charge < -0.3 is 5.32 Å². The van der Waals surface area contributed by atoms with Crippen molar-refractivity contribution in [2.75, 3.05) is 11.1 Å². The Morgan fingerprint density at radius 1 is 1.04 bits per heavy atom. The summed E-state index contributed by atoms with van der Waals surface area (Å²) in [5, 5.41) is 12.1. The van der Waals surface area contributed by atoms with Gasteiger partial charge in [-0.1, -0.05) is 41.6 Å². The van der Waals surface area contributed by atoms with E-state index in [1.165, 1.54) is 22.9 Å². The van der Waals surface area contributed by atoms with Crippen LogP contribution in [0.25, 0.3) is 5.69 Å². The van der Waals surface area contributed by atoms with Gasteiger partial charge in [-0.25, -0.2) is 0 Å². The maximum absolute atomic E-state index is 12.3. The molecule has 134 valence electrons. The van der Waals surface area contributed by atoms with Crippen LogP contribution in [0, 0.1) is 27.7 Å². The van der Waals surface area contributed by atoms with E-state index < -0.39 is 0 Å². The summed E-state index contributed by atoms with van der Waals surface area (Å²) in [6.07, 6.45) is 0. The fraction of sp³-hybridized carbons (Fsp3) is 0.250. The second-order valence-electron chi connectivity index (χ2n) is 6.36. The van der Waals surface area contributed by atoms with Crippen LogP contribution in [0.4, 0.5) is 5.69 Å². The van der Waals surface area contributed by atoms with Gasteiger partial charge in [0.2, 0.25) is 5.91 Å². The Balaban J connectivity index is 1.71. The van der Waals surface area contributed by atoms with E-state index in [0.29, 0.717) is 5.16 Å². The first-order valence-electron chi connectivity index (χ1n) is 8.43. The van der Waals surface area contributed by atoms with Gasteiger partial charge in [-0.3, -0.25) is 9.36 Å². The third kappa shape index (κ3) is 4.14. The molecule has 26 heavy (non-hydrogen) atoms. The summed E-state index contributed by atoms with van der Waals surface area (Å²) >= 11 is 1.38. The monoisotopic (exact) mass is 366 g/mol. The molecule has 0 saturated carbocycles. The van der Waals surface area contributed by atoms with E-state index in [0.717, 1.165) is 22.8 Å². The predicted molar refractivity (Wildman–Crippen MR) is 106 cm³/mol. The number of thioether (sulfide) groups is 1. The molecule has 1 amide bonds. The molecule has 3 rings (SSSR count).